The third-order valence-electron chi connectivity index (χ3n) is 5.77. The van der Waals surface area contributed by atoms with Crippen molar-refractivity contribution in [3.63, 3.8) is 0 Å². The van der Waals surface area contributed by atoms with E-state index in [1.54, 1.807) is 30.3 Å². The lowest BCUT2D eigenvalue weighted by Gasteiger charge is -2.28. The molecule has 0 bridgehead atoms. The molecule has 0 saturated carbocycles. The van der Waals surface area contributed by atoms with Crippen molar-refractivity contribution in [2.45, 2.75) is 53.1 Å². The summed E-state index contributed by atoms with van der Waals surface area (Å²) in [7, 11) is 1.31. The molecule has 0 spiro atoms. The van der Waals surface area contributed by atoms with Gasteiger partial charge >= 0.3 is 6.03 Å². The molecule has 2 aromatic carbocycles. The van der Waals surface area contributed by atoms with E-state index in [1.807, 2.05) is 27.7 Å². The Balaban J connectivity index is 0.00000177. The third kappa shape index (κ3) is 12.8. The van der Waals surface area contributed by atoms with Crippen LogP contribution >= 0.6 is 0 Å². The second-order valence-corrected chi connectivity index (χ2v) is 9.80. The molecule has 0 aliphatic carbocycles. The second kappa shape index (κ2) is 16.6. The zero-order valence-corrected chi connectivity index (χ0v) is 23.2. The number of primary amides is 1. The largest absolute Gasteiger partial charge is 0.494 e. The van der Waals surface area contributed by atoms with Gasteiger partial charge in [0.25, 0.3) is 12.4 Å². The van der Waals surface area contributed by atoms with E-state index in [-0.39, 0.29) is 23.0 Å². The Labute approximate surface area is 229 Å². The number of unbranched alkanes of at least 4 members (excludes halogenated alkanes) is 1. The summed E-state index contributed by atoms with van der Waals surface area (Å²) < 4.78 is 22.9. The maximum atomic E-state index is 13.2. The van der Waals surface area contributed by atoms with Crippen LogP contribution in [0, 0.1) is 16.6 Å². The summed E-state index contributed by atoms with van der Waals surface area (Å²) in [5.41, 5.74) is 6.58. The molecule has 0 fully saturated rings. The number of carbonyl (C=O) groups excluding carboxylic acids is 3. The minimum absolute atomic E-state index is 0.127. The van der Waals surface area contributed by atoms with Crippen molar-refractivity contribution in [2.75, 3.05) is 25.6 Å². The number of carbonyl (C=O) groups is 3. The standard InChI is InChI=1S/C26H36FN5O3.C2H4O2/c1-17(26(2,3)4)32-24(33)23(28)21-12-11-20(35-14-6-5-13-30-25(29)34)15-22(21)31-16-18-7-9-19(27)10-8-18;1-4-2-3/h7-12,15,17,28,31H,5-6,13-14,16H2,1-4H3,(H,32,33)(H3,29,30,34);2H,1H3. The van der Waals surface area contributed by atoms with E-state index >= 15 is 0 Å². The number of methoxy groups -OCH3 is 1. The van der Waals surface area contributed by atoms with Gasteiger partial charge < -0.3 is 31.2 Å². The van der Waals surface area contributed by atoms with Gasteiger partial charge in [0.2, 0.25) is 0 Å². The van der Waals surface area contributed by atoms with Crippen LogP contribution in [0.25, 0.3) is 0 Å². The number of ether oxygens (including phenoxy) is 2. The first kappa shape index (κ1) is 32.9. The van der Waals surface area contributed by atoms with Gasteiger partial charge in [0.1, 0.15) is 17.3 Å². The summed E-state index contributed by atoms with van der Waals surface area (Å²) in [5, 5.41) is 17.2. The number of hydrogen-bond acceptors (Lipinski definition) is 7. The number of amides is 3. The maximum absolute atomic E-state index is 13.2. The smallest absolute Gasteiger partial charge is 0.312 e. The number of nitrogens with two attached hydrogens (primary N) is 1. The summed E-state index contributed by atoms with van der Waals surface area (Å²) in [5.74, 6) is -0.204. The van der Waals surface area contributed by atoms with Crippen LogP contribution < -0.4 is 26.4 Å². The Bertz CT molecular complexity index is 1090. The Morgan fingerprint density at radius 1 is 1.13 bits per heavy atom. The number of halogens is 1. The summed E-state index contributed by atoms with van der Waals surface area (Å²) >= 11 is 0. The van der Waals surface area contributed by atoms with E-state index in [0.29, 0.717) is 56.0 Å². The molecule has 0 aromatic heterocycles. The highest BCUT2D eigenvalue weighted by atomic mass is 19.1. The molecule has 10 nitrogen and oxygen atoms in total. The Morgan fingerprint density at radius 3 is 2.33 bits per heavy atom. The van der Waals surface area contributed by atoms with Crippen molar-refractivity contribution in [3.05, 3.63) is 59.4 Å². The molecule has 214 valence electrons. The number of nitrogens with one attached hydrogen (secondary N) is 4. The van der Waals surface area contributed by atoms with E-state index in [9.17, 15) is 14.0 Å². The van der Waals surface area contributed by atoms with Gasteiger partial charge in [-0.25, -0.2) is 9.18 Å². The predicted molar refractivity (Wildman–Crippen MR) is 149 cm³/mol. The maximum Gasteiger partial charge on any atom is 0.312 e. The van der Waals surface area contributed by atoms with Gasteiger partial charge in [-0.1, -0.05) is 32.9 Å². The predicted octanol–water partition coefficient (Wildman–Crippen LogP) is 3.97. The van der Waals surface area contributed by atoms with Gasteiger partial charge in [0, 0.05) is 36.4 Å². The minimum Gasteiger partial charge on any atom is -0.494 e. The Hall–Kier alpha value is -4.15. The lowest BCUT2D eigenvalue weighted by molar-refractivity contribution is -0.126. The quantitative estimate of drug-likeness (QED) is 0.146. The zero-order chi connectivity index (χ0) is 29.4. The highest BCUT2D eigenvalue weighted by Gasteiger charge is 2.24. The van der Waals surface area contributed by atoms with E-state index in [4.69, 9.17) is 20.7 Å². The first-order valence-corrected chi connectivity index (χ1v) is 12.5. The molecule has 3 amide bonds. The van der Waals surface area contributed by atoms with Crippen LogP contribution in [0.2, 0.25) is 0 Å². The molecule has 0 saturated heterocycles. The number of hydrogen-bond donors (Lipinski definition) is 5. The monoisotopic (exact) mass is 545 g/mol. The molecule has 11 heteroatoms. The molecule has 1 atom stereocenters. The van der Waals surface area contributed by atoms with Crippen molar-refractivity contribution < 1.29 is 28.2 Å². The minimum atomic E-state index is -0.554. The van der Waals surface area contributed by atoms with Crippen LogP contribution in [0.15, 0.2) is 42.5 Å². The van der Waals surface area contributed by atoms with Crippen molar-refractivity contribution >= 4 is 29.8 Å². The molecular weight excluding hydrogens is 505 g/mol. The highest BCUT2D eigenvalue weighted by Crippen LogP contribution is 2.25. The van der Waals surface area contributed by atoms with Crippen molar-refractivity contribution in [1.82, 2.24) is 10.6 Å². The third-order valence-corrected chi connectivity index (χ3v) is 5.77. The number of benzene rings is 2. The first-order chi connectivity index (χ1) is 18.4. The SMILES string of the molecule is CC(NC(=O)C(=N)c1ccc(OCCCCNC(N)=O)cc1NCc1ccc(F)cc1)C(C)(C)C.COC=O. The van der Waals surface area contributed by atoms with Gasteiger partial charge in [-0.2, -0.15) is 0 Å². The molecule has 39 heavy (non-hydrogen) atoms. The normalized spacial score (nSPS) is 11.2. The van der Waals surface area contributed by atoms with Gasteiger partial charge in [-0.3, -0.25) is 15.0 Å². The van der Waals surface area contributed by atoms with Crippen LogP contribution in [-0.2, 0) is 20.9 Å². The highest BCUT2D eigenvalue weighted by molar-refractivity contribution is 6.45. The lowest BCUT2D eigenvalue weighted by atomic mass is 9.88. The van der Waals surface area contributed by atoms with Gasteiger partial charge in [-0.15, -0.1) is 0 Å². The molecule has 2 rings (SSSR count). The van der Waals surface area contributed by atoms with Gasteiger partial charge in [0.05, 0.1) is 13.7 Å². The average molecular weight is 546 g/mol. The van der Waals surface area contributed by atoms with Crippen LogP contribution in [0.5, 0.6) is 5.75 Å². The number of rotatable bonds is 13. The fraction of sp³-hybridized carbons (Fsp3) is 0.429. The fourth-order valence-electron chi connectivity index (χ4n) is 3.01. The van der Waals surface area contributed by atoms with E-state index in [2.05, 4.69) is 20.7 Å². The van der Waals surface area contributed by atoms with Crippen molar-refractivity contribution in [2.24, 2.45) is 11.1 Å². The van der Waals surface area contributed by atoms with Crippen molar-refractivity contribution in [3.8, 4) is 5.75 Å². The Kier molecular flexibility index (Phi) is 14.0. The van der Waals surface area contributed by atoms with E-state index in [1.165, 1.54) is 19.2 Å². The zero-order valence-electron chi connectivity index (χ0n) is 23.2. The summed E-state index contributed by atoms with van der Waals surface area (Å²) in [6.45, 7) is 9.63. The van der Waals surface area contributed by atoms with Crippen LogP contribution in [0.4, 0.5) is 14.9 Å². The van der Waals surface area contributed by atoms with Gasteiger partial charge in [0.15, 0.2) is 0 Å². The Morgan fingerprint density at radius 2 is 1.77 bits per heavy atom. The summed E-state index contributed by atoms with van der Waals surface area (Å²) in [6, 6.07) is 10.6. The van der Waals surface area contributed by atoms with Gasteiger partial charge in [-0.05, 0) is 55.0 Å². The molecule has 0 radical (unpaired) electrons. The molecule has 0 aliphatic heterocycles. The molecule has 0 heterocycles. The fourth-order valence-corrected chi connectivity index (χ4v) is 3.01. The summed E-state index contributed by atoms with van der Waals surface area (Å²) in [4.78, 5) is 32.5. The molecule has 2 aromatic rings. The van der Waals surface area contributed by atoms with Crippen LogP contribution in [0.3, 0.4) is 0 Å². The van der Waals surface area contributed by atoms with Crippen LogP contribution in [0.1, 0.15) is 51.7 Å². The molecule has 0 aliphatic rings. The first-order valence-electron chi connectivity index (χ1n) is 12.5. The second-order valence-electron chi connectivity index (χ2n) is 9.80. The topological polar surface area (TPSA) is 156 Å². The molecule has 1 unspecified atom stereocenters. The molecular formula is C28H40FN5O5. The van der Waals surface area contributed by atoms with E-state index < -0.39 is 11.9 Å². The number of anilines is 1. The van der Waals surface area contributed by atoms with E-state index in [0.717, 1.165) is 5.56 Å². The lowest BCUT2D eigenvalue weighted by Crippen LogP contribution is -2.44. The average Bonchev–Trinajstić information content (AvgIpc) is 2.89. The molecule has 6 N–H and O–H groups in total. The van der Waals surface area contributed by atoms with Crippen LogP contribution in [-0.4, -0.2) is 50.4 Å². The van der Waals surface area contributed by atoms with Crippen molar-refractivity contribution in [1.29, 1.82) is 5.41 Å². The summed E-state index contributed by atoms with van der Waals surface area (Å²) in [6.07, 6.45) is 1.43. The number of urea groups is 1.